The summed E-state index contributed by atoms with van der Waals surface area (Å²) in [5.41, 5.74) is 7.73. The molecule has 0 aliphatic heterocycles. The molecule has 0 saturated heterocycles. The average molecular weight is 256 g/mol. The van der Waals surface area contributed by atoms with E-state index in [1.807, 2.05) is 18.2 Å². The first-order valence-corrected chi connectivity index (χ1v) is 6.30. The predicted octanol–water partition coefficient (Wildman–Crippen LogP) is 1.29. The molecule has 1 amide bonds. The number of aryl methyl sites for hydroxylation is 1. The predicted molar refractivity (Wildman–Crippen MR) is 72.7 cm³/mol. The number of nitrogens with zero attached hydrogens (tertiary/aromatic N) is 2. The van der Waals surface area contributed by atoms with Crippen LogP contribution < -0.4 is 11.1 Å². The third-order valence-electron chi connectivity index (χ3n) is 3.41. The van der Waals surface area contributed by atoms with Gasteiger partial charge in [-0.1, -0.05) is 30.3 Å². The van der Waals surface area contributed by atoms with Crippen LogP contribution in [0.25, 0.3) is 0 Å². The van der Waals surface area contributed by atoms with Gasteiger partial charge in [0.1, 0.15) is 0 Å². The first-order chi connectivity index (χ1) is 9.15. The van der Waals surface area contributed by atoms with Gasteiger partial charge in [0.05, 0.1) is 5.69 Å². The molecule has 5 nitrogen and oxygen atoms in total. The molecule has 1 heterocycles. The number of hydrogen-bond acceptors (Lipinski definition) is 3. The number of aromatic nitrogens is 2. The molecule has 0 bridgehead atoms. The highest BCUT2D eigenvalue weighted by Gasteiger charge is 2.39. The molecule has 1 saturated carbocycles. The van der Waals surface area contributed by atoms with Crippen LogP contribution in [-0.4, -0.2) is 21.7 Å². The van der Waals surface area contributed by atoms with Crippen molar-refractivity contribution in [1.29, 1.82) is 0 Å². The number of nitrogens with two attached hydrogens (primary N) is 1. The molecule has 1 aliphatic rings. The first kappa shape index (κ1) is 11.8. The van der Waals surface area contributed by atoms with E-state index in [9.17, 15) is 4.79 Å². The van der Waals surface area contributed by atoms with Gasteiger partial charge in [-0.25, -0.2) is 0 Å². The summed E-state index contributed by atoms with van der Waals surface area (Å²) in [5.74, 6) is 0.219. The van der Waals surface area contributed by atoms with Crippen LogP contribution in [-0.2, 0) is 7.05 Å². The molecule has 1 aromatic carbocycles. The Morgan fingerprint density at radius 3 is 2.79 bits per heavy atom. The number of amides is 1. The molecule has 2 aromatic rings. The Labute approximate surface area is 111 Å². The molecule has 1 fully saturated rings. The van der Waals surface area contributed by atoms with Crippen molar-refractivity contribution in [1.82, 2.24) is 15.1 Å². The van der Waals surface area contributed by atoms with Crippen molar-refractivity contribution in [3.05, 3.63) is 47.8 Å². The van der Waals surface area contributed by atoms with Gasteiger partial charge >= 0.3 is 0 Å². The van der Waals surface area contributed by atoms with Gasteiger partial charge in [0.25, 0.3) is 5.91 Å². The molecular formula is C14H16N4O. The quantitative estimate of drug-likeness (QED) is 0.869. The average Bonchev–Trinajstić information content (AvgIpc) is 3.07. The smallest absolute Gasteiger partial charge is 0.274 e. The van der Waals surface area contributed by atoms with Gasteiger partial charge in [-0.2, -0.15) is 5.10 Å². The van der Waals surface area contributed by atoms with E-state index in [2.05, 4.69) is 22.5 Å². The normalized spacial score (nSPS) is 21.1. The summed E-state index contributed by atoms with van der Waals surface area (Å²) in [6.45, 7) is 0. The van der Waals surface area contributed by atoms with Gasteiger partial charge in [-0.15, -0.1) is 0 Å². The van der Waals surface area contributed by atoms with E-state index in [0.717, 1.165) is 6.42 Å². The first-order valence-electron chi connectivity index (χ1n) is 6.30. The number of benzene rings is 1. The maximum atomic E-state index is 12.0. The molecular weight excluding hydrogens is 240 g/mol. The Kier molecular flexibility index (Phi) is 2.74. The molecule has 0 spiro atoms. The third kappa shape index (κ3) is 2.31. The summed E-state index contributed by atoms with van der Waals surface area (Å²) < 4.78 is 1.55. The Balaban J connectivity index is 1.65. The molecule has 98 valence electrons. The second-order valence-electron chi connectivity index (χ2n) is 4.94. The molecule has 0 radical (unpaired) electrons. The fraction of sp³-hybridized carbons (Fsp3) is 0.286. The lowest BCUT2D eigenvalue weighted by Crippen LogP contribution is -2.27. The number of carbonyl (C=O) groups excluding carboxylic acids is 1. The Morgan fingerprint density at radius 1 is 1.42 bits per heavy atom. The topological polar surface area (TPSA) is 72.9 Å². The van der Waals surface area contributed by atoms with Crippen LogP contribution in [0.3, 0.4) is 0 Å². The van der Waals surface area contributed by atoms with Crippen molar-refractivity contribution in [2.24, 2.45) is 7.05 Å². The van der Waals surface area contributed by atoms with Gasteiger partial charge in [-0.3, -0.25) is 9.48 Å². The van der Waals surface area contributed by atoms with Gasteiger partial charge in [0.2, 0.25) is 0 Å². The Morgan fingerprint density at radius 2 is 2.16 bits per heavy atom. The van der Waals surface area contributed by atoms with E-state index in [0.29, 0.717) is 17.3 Å². The van der Waals surface area contributed by atoms with Gasteiger partial charge in [-0.05, 0) is 12.0 Å². The summed E-state index contributed by atoms with van der Waals surface area (Å²) in [7, 11) is 1.75. The number of hydrogen-bond donors (Lipinski definition) is 2. The van der Waals surface area contributed by atoms with Gasteiger partial charge < -0.3 is 11.1 Å². The third-order valence-corrected chi connectivity index (χ3v) is 3.41. The van der Waals surface area contributed by atoms with Crippen LogP contribution in [0.2, 0.25) is 0 Å². The van der Waals surface area contributed by atoms with E-state index in [4.69, 9.17) is 5.73 Å². The molecule has 2 atom stereocenters. The molecule has 2 unspecified atom stereocenters. The van der Waals surface area contributed by atoms with Crippen LogP contribution in [0.5, 0.6) is 0 Å². The van der Waals surface area contributed by atoms with Crippen molar-refractivity contribution in [3.8, 4) is 0 Å². The molecule has 1 aromatic heterocycles. The zero-order valence-electron chi connectivity index (χ0n) is 10.7. The molecule has 5 heteroatoms. The van der Waals surface area contributed by atoms with Crippen molar-refractivity contribution in [3.63, 3.8) is 0 Å². The zero-order chi connectivity index (χ0) is 13.4. The number of nitrogens with one attached hydrogen (secondary N) is 1. The van der Waals surface area contributed by atoms with E-state index in [1.165, 1.54) is 5.56 Å². The van der Waals surface area contributed by atoms with Crippen LogP contribution in [0.15, 0.2) is 36.5 Å². The minimum atomic E-state index is -0.193. The number of anilines is 1. The lowest BCUT2D eigenvalue weighted by Gasteiger charge is -2.03. The van der Waals surface area contributed by atoms with Gasteiger partial charge in [0, 0.05) is 25.2 Å². The highest BCUT2D eigenvalue weighted by molar-refractivity contribution is 5.97. The molecule has 19 heavy (non-hydrogen) atoms. The summed E-state index contributed by atoms with van der Waals surface area (Å²) in [6, 6.07) is 10.4. The lowest BCUT2D eigenvalue weighted by molar-refractivity contribution is 0.0945. The Bertz CT molecular complexity index is 605. The minimum absolute atomic E-state index is 0.191. The van der Waals surface area contributed by atoms with Crippen molar-refractivity contribution < 1.29 is 4.79 Å². The van der Waals surface area contributed by atoms with E-state index in [1.54, 1.807) is 17.9 Å². The largest absolute Gasteiger partial charge is 0.396 e. The highest BCUT2D eigenvalue weighted by Crippen LogP contribution is 2.40. The molecule has 3 N–H and O–H groups in total. The number of carbonyl (C=O) groups is 1. The van der Waals surface area contributed by atoms with Crippen LogP contribution in [0.4, 0.5) is 5.69 Å². The summed E-state index contributed by atoms with van der Waals surface area (Å²) >= 11 is 0. The van der Waals surface area contributed by atoms with Crippen LogP contribution in [0.1, 0.15) is 28.4 Å². The Hall–Kier alpha value is -2.30. The van der Waals surface area contributed by atoms with Crippen molar-refractivity contribution in [2.75, 3.05) is 5.73 Å². The second kappa shape index (κ2) is 4.42. The maximum absolute atomic E-state index is 12.0. The van der Waals surface area contributed by atoms with E-state index >= 15 is 0 Å². The fourth-order valence-corrected chi connectivity index (χ4v) is 2.34. The summed E-state index contributed by atoms with van der Waals surface area (Å²) in [6.07, 6.45) is 2.61. The van der Waals surface area contributed by atoms with E-state index < -0.39 is 0 Å². The van der Waals surface area contributed by atoms with Crippen LogP contribution in [0, 0.1) is 0 Å². The summed E-state index contributed by atoms with van der Waals surface area (Å²) in [4.78, 5) is 12.0. The number of nitrogen functional groups attached to an aromatic ring is 1. The zero-order valence-corrected chi connectivity index (χ0v) is 10.7. The standard InChI is InChI=1S/C14H16N4O/c1-18-8-11(15)13(17-18)14(19)16-12-7-10(12)9-5-3-2-4-6-9/h2-6,8,10,12H,7,15H2,1H3,(H,16,19). The number of rotatable bonds is 3. The lowest BCUT2D eigenvalue weighted by atomic mass is 10.1. The fourth-order valence-electron chi connectivity index (χ4n) is 2.34. The molecule has 3 rings (SSSR count). The highest BCUT2D eigenvalue weighted by atomic mass is 16.2. The van der Waals surface area contributed by atoms with Gasteiger partial charge in [0.15, 0.2) is 5.69 Å². The summed E-state index contributed by atoms with van der Waals surface area (Å²) in [5, 5.41) is 7.05. The SMILES string of the molecule is Cn1cc(N)c(C(=O)NC2CC2c2ccccc2)n1. The van der Waals surface area contributed by atoms with Crippen molar-refractivity contribution in [2.45, 2.75) is 18.4 Å². The van der Waals surface area contributed by atoms with E-state index in [-0.39, 0.29) is 11.9 Å². The monoisotopic (exact) mass is 256 g/mol. The molecule has 1 aliphatic carbocycles. The maximum Gasteiger partial charge on any atom is 0.274 e. The minimum Gasteiger partial charge on any atom is -0.396 e. The van der Waals surface area contributed by atoms with Crippen LogP contribution >= 0.6 is 0 Å². The second-order valence-corrected chi connectivity index (χ2v) is 4.94. The van der Waals surface area contributed by atoms with Crippen molar-refractivity contribution >= 4 is 11.6 Å².